The number of likely N-dealkylation sites (tertiary alicyclic amines) is 1. The summed E-state index contributed by atoms with van der Waals surface area (Å²) in [7, 11) is 0. The SMILES string of the molecule is CCCCCCCC(=O)N1CC2CNCC2C1CC. The van der Waals surface area contributed by atoms with Crippen molar-refractivity contribution in [1.82, 2.24) is 10.2 Å². The van der Waals surface area contributed by atoms with Gasteiger partial charge in [-0.05, 0) is 24.7 Å². The molecule has 3 nitrogen and oxygen atoms in total. The van der Waals surface area contributed by atoms with E-state index in [-0.39, 0.29) is 0 Å². The Balaban J connectivity index is 1.75. The molecule has 2 fully saturated rings. The molecule has 1 N–H and O–H groups in total. The summed E-state index contributed by atoms with van der Waals surface area (Å²) in [5, 5.41) is 3.48. The molecule has 3 heteroatoms. The molecule has 1 amide bonds. The predicted molar refractivity (Wildman–Crippen MR) is 79.0 cm³/mol. The smallest absolute Gasteiger partial charge is 0.222 e. The first kappa shape index (κ1) is 14.8. The molecule has 3 unspecified atom stereocenters. The molecule has 19 heavy (non-hydrogen) atoms. The maximum absolute atomic E-state index is 12.4. The summed E-state index contributed by atoms with van der Waals surface area (Å²) in [4.78, 5) is 14.6. The highest BCUT2D eigenvalue weighted by Gasteiger charge is 2.44. The summed E-state index contributed by atoms with van der Waals surface area (Å²) in [6, 6.07) is 0.503. The van der Waals surface area contributed by atoms with Gasteiger partial charge in [-0.15, -0.1) is 0 Å². The zero-order valence-corrected chi connectivity index (χ0v) is 12.7. The zero-order valence-electron chi connectivity index (χ0n) is 12.7. The van der Waals surface area contributed by atoms with Crippen LogP contribution < -0.4 is 5.32 Å². The van der Waals surface area contributed by atoms with E-state index >= 15 is 0 Å². The minimum Gasteiger partial charge on any atom is -0.339 e. The molecular weight excluding hydrogens is 236 g/mol. The Bertz CT molecular complexity index is 292. The minimum absolute atomic E-state index is 0.415. The van der Waals surface area contributed by atoms with Crippen LogP contribution in [0.25, 0.3) is 0 Å². The summed E-state index contributed by atoms with van der Waals surface area (Å²) in [5.41, 5.74) is 0. The van der Waals surface area contributed by atoms with Crippen LogP contribution in [0, 0.1) is 11.8 Å². The Labute approximate surface area is 118 Å². The number of carbonyl (C=O) groups excluding carboxylic acids is 1. The van der Waals surface area contributed by atoms with Crippen molar-refractivity contribution in [3.63, 3.8) is 0 Å². The van der Waals surface area contributed by atoms with Gasteiger partial charge in [0.05, 0.1) is 0 Å². The molecule has 0 radical (unpaired) electrons. The molecule has 0 aromatic carbocycles. The fraction of sp³-hybridized carbons (Fsp3) is 0.938. The van der Waals surface area contributed by atoms with E-state index in [9.17, 15) is 4.79 Å². The number of nitrogens with zero attached hydrogens (tertiary/aromatic N) is 1. The van der Waals surface area contributed by atoms with Gasteiger partial charge in [-0.3, -0.25) is 4.79 Å². The van der Waals surface area contributed by atoms with Crippen molar-refractivity contribution in [2.75, 3.05) is 19.6 Å². The molecule has 0 aromatic heterocycles. The van der Waals surface area contributed by atoms with Crippen LogP contribution in [0.4, 0.5) is 0 Å². The lowest BCUT2D eigenvalue weighted by Crippen LogP contribution is -2.39. The topological polar surface area (TPSA) is 32.3 Å². The maximum atomic E-state index is 12.4. The fourth-order valence-electron chi connectivity index (χ4n) is 3.86. The van der Waals surface area contributed by atoms with Crippen LogP contribution >= 0.6 is 0 Å². The van der Waals surface area contributed by atoms with E-state index < -0.39 is 0 Å². The van der Waals surface area contributed by atoms with Gasteiger partial charge in [-0.2, -0.15) is 0 Å². The number of hydrogen-bond donors (Lipinski definition) is 1. The van der Waals surface area contributed by atoms with Crippen molar-refractivity contribution >= 4 is 5.91 Å². The molecule has 2 rings (SSSR count). The average Bonchev–Trinajstić information content (AvgIpc) is 2.97. The summed E-state index contributed by atoms with van der Waals surface area (Å²) in [6.07, 6.45) is 8.06. The number of rotatable bonds is 7. The third-order valence-corrected chi connectivity index (χ3v) is 4.95. The van der Waals surface area contributed by atoms with Crippen LogP contribution in [0.5, 0.6) is 0 Å². The van der Waals surface area contributed by atoms with Gasteiger partial charge in [0.25, 0.3) is 0 Å². The standard InChI is InChI=1S/C16H30N2O/c1-3-5-6-7-8-9-16(19)18-12-13-10-17-11-14(13)15(18)4-2/h13-15,17H,3-12H2,1-2H3. The van der Waals surface area contributed by atoms with Gasteiger partial charge in [0.15, 0.2) is 0 Å². The average molecular weight is 266 g/mol. The molecular formula is C16H30N2O. The number of nitrogens with one attached hydrogen (secondary N) is 1. The number of unbranched alkanes of at least 4 members (excludes halogenated alkanes) is 4. The third-order valence-electron chi connectivity index (χ3n) is 4.95. The Hall–Kier alpha value is -0.570. The lowest BCUT2D eigenvalue weighted by atomic mass is 9.93. The van der Waals surface area contributed by atoms with Crippen LogP contribution in [0.1, 0.15) is 58.8 Å². The Kier molecular flexibility index (Phi) is 5.68. The first-order valence-electron chi connectivity index (χ1n) is 8.28. The van der Waals surface area contributed by atoms with Crippen molar-refractivity contribution < 1.29 is 4.79 Å². The van der Waals surface area contributed by atoms with Gasteiger partial charge in [-0.25, -0.2) is 0 Å². The van der Waals surface area contributed by atoms with Crippen molar-refractivity contribution in [1.29, 1.82) is 0 Å². The lowest BCUT2D eigenvalue weighted by Gasteiger charge is -2.27. The van der Waals surface area contributed by atoms with Gasteiger partial charge >= 0.3 is 0 Å². The molecule has 0 spiro atoms. The van der Waals surface area contributed by atoms with Gasteiger partial charge in [0.1, 0.15) is 0 Å². The fourth-order valence-corrected chi connectivity index (χ4v) is 3.86. The molecule has 0 saturated carbocycles. The number of carbonyl (C=O) groups is 1. The van der Waals surface area contributed by atoms with Crippen molar-refractivity contribution in [2.45, 2.75) is 64.8 Å². The molecule has 2 heterocycles. The van der Waals surface area contributed by atoms with Crippen LogP contribution in [-0.2, 0) is 4.79 Å². The Morgan fingerprint density at radius 2 is 1.95 bits per heavy atom. The van der Waals surface area contributed by atoms with Crippen LogP contribution in [-0.4, -0.2) is 36.5 Å². The molecule has 2 saturated heterocycles. The summed E-state index contributed by atoms with van der Waals surface area (Å²) in [6.45, 7) is 7.69. The molecule has 110 valence electrons. The van der Waals surface area contributed by atoms with E-state index in [4.69, 9.17) is 0 Å². The van der Waals surface area contributed by atoms with Crippen molar-refractivity contribution in [3.05, 3.63) is 0 Å². The summed E-state index contributed by atoms with van der Waals surface area (Å²) in [5.74, 6) is 1.85. The van der Waals surface area contributed by atoms with Crippen LogP contribution in [0.2, 0.25) is 0 Å². The zero-order chi connectivity index (χ0) is 13.7. The molecule has 2 aliphatic rings. The molecule has 3 atom stereocenters. The third kappa shape index (κ3) is 3.50. The minimum atomic E-state index is 0.415. The molecule has 2 aliphatic heterocycles. The highest BCUT2D eigenvalue weighted by Crippen LogP contribution is 2.34. The van der Waals surface area contributed by atoms with E-state index in [0.717, 1.165) is 38.9 Å². The monoisotopic (exact) mass is 266 g/mol. The van der Waals surface area contributed by atoms with Crippen molar-refractivity contribution in [3.8, 4) is 0 Å². The van der Waals surface area contributed by atoms with Crippen molar-refractivity contribution in [2.24, 2.45) is 11.8 Å². The van der Waals surface area contributed by atoms with E-state index in [1.807, 2.05) is 0 Å². The van der Waals surface area contributed by atoms with Gasteiger partial charge < -0.3 is 10.2 Å². The molecule has 0 aliphatic carbocycles. The van der Waals surface area contributed by atoms with Crippen LogP contribution in [0.15, 0.2) is 0 Å². The van der Waals surface area contributed by atoms with E-state index in [0.29, 0.717) is 23.8 Å². The van der Waals surface area contributed by atoms with E-state index in [2.05, 4.69) is 24.1 Å². The highest BCUT2D eigenvalue weighted by molar-refractivity contribution is 5.77. The number of fused-ring (bicyclic) bond motifs is 1. The second kappa shape index (κ2) is 7.28. The predicted octanol–water partition coefficient (Wildman–Crippen LogP) is 2.80. The van der Waals surface area contributed by atoms with Gasteiger partial charge in [-0.1, -0.05) is 39.5 Å². The quantitative estimate of drug-likeness (QED) is 0.719. The first-order valence-corrected chi connectivity index (χ1v) is 8.28. The normalized spacial score (nSPS) is 29.8. The summed E-state index contributed by atoms with van der Waals surface area (Å²) < 4.78 is 0. The van der Waals surface area contributed by atoms with E-state index in [1.54, 1.807) is 0 Å². The Morgan fingerprint density at radius 1 is 1.16 bits per heavy atom. The number of hydrogen-bond acceptors (Lipinski definition) is 2. The molecule has 0 bridgehead atoms. The maximum Gasteiger partial charge on any atom is 0.222 e. The lowest BCUT2D eigenvalue weighted by molar-refractivity contribution is -0.132. The summed E-state index contributed by atoms with van der Waals surface area (Å²) >= 11 is 0. The first-order chi connectivity index (χ1) is 9.27. The second-order valence-electron chi connectivity index (χ2n) is 6.27. The molecule has 0 aromatic rings. The number of amides is 1. The van der Waals surface area contributed by atoms with Gasteiger partial charge in [0, 0.05) is 32.1 Å². The largest absolute Gasteiger partial charge is 0.339 e. The Morgan fingerprint density at radius 3 is 2.68 bits per heavy atom. The second-order valence-corrected chi connectivity index (χ2v) is 6.27. The highest BCUT2D eigenvalue weighted by atomic mass is 16.2. The van der Waals surface area contributed by atoms with Gasteiger partial charge in [0.2, 0.25) is 5.91 Å². The van der Waals surface area contributed by atoms with E-state index in [1.165, 1.54) is 25.7 Å². The van der Waals surface area contributed by atoms with Crippen LogP contribution in [0.3, 0.4) is 0 Å².